The molecule has 0 aliphatic carbocycles. The fourth-order valence-electron chi connectivity index (χ4n) is 2.73. The SMILES string of the molecule is N=C1CCCN1c1ccc(C(C(N)=O)c2cccs2)cc1. The second kappa shape index (κ2) is 5.69. The first-order valence-corrected chi connectivity index (χ1v) is 7.82. The summed E-state index contributed by atoms with van der Waals surface area (Å²) < 4.78 is 0. The van der Waals surface area contributed by atoms with Gasteiger partial charge in [0.05, 0.1) is 5.92 Å². The molecule has 1 unspecified atom stereocenters. The van der Waals surface area contributed by atoms with Crippen LogP contribution in [0, 0.1) is 5.41 Å². The van der Waals surface area contributed by atoms with E-state index in [2.05, 4.69) is 0 Å². The van der Waals surface area contributed by atoms with E-state index in [1.807, 2.05) is 46.7 Å². The van der Waals surface area contributed by atoms with Gasteiger partial charge in [-0.3, -0.25) is 10.2 Å². The van der Waals surface area contributed by atoms with E-state index < -0.39 is 5.92 Å². The zero-order valence-corrected chi connectivity index (χ0v) is 12.4. The number of hydrogen-bond acceptors (Lipinski definition) is 3. The standard InChI is InChI=1S/C16H17N3OS/c17-14-4-1-9-19(14)12-7-5-11(6-8-12)15(16(18)20)13-3-2-10-21-13/h2-3,5-8,10,15,17H,1,4,9H2,(H2,18,20). The molecule has 1 aromatic carbocycles. The molecule has 4 nitrogen and oxygen atoms in total. The fraction of sp³-hybridized carbons (Fsp3) is 0.250. The van der Waals surface area contributed by atoms with Gasteiger partial charge in [-0.05, 0) is 35.6 Å². The Bertz CT molecular complexity index is 649. The predicted octanol–water partition coefficient (Wildman–Crippen LogP) is 2.94. The molecule has 1 atom stereocenters. The van der Waals surface area contributed by atoms with Crippen LogP contribution in [-0.4, -0.2) is 18.3 Å². The van der Waals surface area contributed by atoms with Crippen molar-refractivity contribution in [2.45, 2.75) is 18.8 Å². The van der Waals surface area contributed by atoms with Gasteiger partial charge in [-0.2, -0.15) is 0 Å². The van der Waals surface area contributed by atoms with Crippen LogP contribution in [0.4, 0.5) is 5.69 Å². The molecule has 3 N–H and O–H groups in total. The van der Waals surface area contributed by atoms with Gasteiger partial charge in [0, 0.05) is 23.5 Å². The normalized spacial score (nSPS) is 16.2. The van der Waals surface area contributed by atoms with Crippen LogP contribution in [0.1, 0.15) is 29.2 Å². The largest absolute Gasteiger partial charge is 0.369 e. The Kier molecular flexibility index (Phi) is 3.75. The third-order valence-electron chi connectivity index (χ3n) is 3.77. The molecule has 5 heteroatoms. The number of nitrogens with zero attached hydrogens (tertiary/aromatic N) is 1. The van der Waals surface area contributed by atoms with Crippen molar-refractivity contribution in [1.82, 2.24) is 0 Å². The highest BCUT2D eigenvalue weighted by molar-refractivity contribution is 7.10. The lowest BCUT2D eigenvalue weighted by molar-refractivity contribution is -0.118. The Morgan fingerprint density at radius 2 is 2.05 bits per heavy atom. The number of thiophene rings is 1. The van der Waals surface area contributed by atoms with Gasteiger partial charge in [0.25, 0.3) is 0 Å². The smallest absolute Gasteiger partial charge is 0.230 e. The maximum absolute atomic E-state index is 11.8. The van der Waals surface area contributed by atoms with Crippen molar-refractivity contribution >= 4 is 28.8 Å². The van der Waals surface area contributed by atoms with E-state index in [1.54, 1.807) is 0 Å². The van der Waals surface area contributed by atoms with E-state index in [-0.39, 0.29) is 5.91 Å². The van der Waals surface area contributed by atoms with Crippen LogP contribution in [-0.2, 0) is 4.79 Å². The molecule has 2 aromatic rings. The molecule has 108 valence electrons. The van der Waals surface area contributed by atoms with E-state index in [0.29, 0.717) is 5.84 Å². The van der Waals surface area contributed by atoms with E-state index in [0.717, 1.165) is 35.5 Å². The summed E-state index contributed by atoms with van der Waals surface area (Å²) in [6.07, 6.45) is 1.86. The van der Waals surface area contributed by atoms with Crippen LogP contribution >= 0.6 is 11.3 Å². The number of rotatable bonds is 4. The van der Waals surface area contributed by atoms with E-state index >= 15 is 0 Å². The molecule has 2 heterocycles. The monoisotopic (exact) mass is 299 g/mol. The molecule has 0 bridgehead atoms. The number of anilines is 1. The van der Waals surface area contributed by atoms with Crippen LogP contribution < -0.4 is 10.6 Å². The second-order valence-corrected chi connectivity index (χ2v) is 6.12. The number of primary amides is 1. The average Bonchev–Trinajstić information content (AvgIpc) is 3.11. The minimum absolute atomic E-state index is 0.334. The van der Waals surface area contributed by atoms with Crippen LogP contribution in [0.15, 0.2) is 41.8 Å². The average molecular weight is 299 g/mol. The molecule has 1 fully saturated rings. The Hall–Kier alpha value is -2.14. The number of hydrogen-bond donors (Lipinski definition) is 2. The van der Waals surface area contributed by atoms with Crippen molar-refractivity contribution < 1.29 is 4.79 Å². The molecule has 1 aliphatic rings. The van der Waals surface area contributed by atoms with Gasteiger partial charge in [-0.15, -0.1) is 11.3 Å². The summed E-state index contributed by atoms with van der Waals surface area (Å²) in [7, 11) is 0. The first kappa shape index (κ1) is 13.8. The fourth-order valence-corrected chi connectivity index (χ4v) is 3.59. The zero-order valence-electron chi connectivity index (χ0n) is 11.6. The summed E-state index contributed by atoms with van der Waals surface area (Å²) in [5.74, 6) is -0.0661. The lowest BCUT2D eigenvalue weighted by Crippen LogP contribution is -2.24. The minimum Gasteiger partial charge on any atom is -0.369 e. The number of nitrogens with one attached hydrogen (secondary N) is 1. The molecule has 0 saturated carbocycles. The number of amides is 1. The molecule has 21 heavy (non-hydrogen) atoms. The number of nitrogens with two attached hydrogens (primary N) is 1. The summed E-state index contributed by atoms with van der Waals surface area (Å²) in [6, 6.07) is 11.7. The topological polar surface area (TPSA) is 70.2 Å². The first-order valence-electron chi connectivity index (χ1n) is 6.94. The second-order valence-electron chi connectivity index (χ2n) is 5.14. The maximum Gasteiger partial charge on any atom is 0.230 e. The van der Waals surface area contributed by atoms with Crippen LogP contribution in [0.5, 0.6) is 0 Å². The number of benzene rings is 1. The molecular formula is C16H17N3OS. The minimum atomic E-state index is -0.392. The highest BCUT2D eigenvalue weighted by Gasteiger charge is 2.22. The quantitative estimate of drug-likeness (QED) is 0.911. The lowest BCUT2D eigenvalue weighted by Gasteiger charge is -2.19. The van der Waals surface area contributed by atoms with Gasteiger partial charge >= 0.3 is 0 Å². The van der Waals surface area contributed by atoms with Crippen LogP contribution in [0.3, 0.4) is 0 Å². The summed E-state index contributed by atoms with van der Waals surface area (Å²) in [5, 5.41) is 9.87. The summed E-state index contributed by atoms with van der Waals surface area (Å²) in [4.78, 5) is 14.7. The lowest BCUT2D eigenvalue weighted by atomic mass is 9.96. The number of carbonyl (C=O) groups excluding carboxylic acids is 1. The molecule has 0 spiro atoms. The predicted molar refractivity (Wildman–Crippen MR) is 86.1 cm³/mol. The van der Waals surface area contributed by atoms with Crippen LogP contribution in [0.2, 0.25) is 0 Å². The summed E-state index contributed by atoms with van der Waals surface area (Å²) >= 11 is 1.54. The van der Waals surface area contributed by atoms with Crippen molar-refractivity contribution in [3.8, 4) is 0 Å². The molecule has 0 radical (unpaired) electrons. The Labute approximate surface area is 127 Å². The molecule has 1 amide bonds. The summed E-state index contributed by atoms with van der Waals surface area (Å²) in [5.41, 5.74) is 7.48. The Balaban J connectivity index is 1.89. The van der Waals surface area contributed by atoms with E-state index in [1.165, 1.54) is 11.3 Å². The van der Waals surface area contributed by atoms with Gasteiger partial charge in [-0.25, -0.2) is 0 Å². The van der Waals surface area contributed by atoms with Crippen LogP contribution in [0.25, 0.3) is 0 Å². The molecule has 1 aromatic heterocycles. The van der Waals surface area contributed by atoms with E-state index in [9.17, 15) is 4.79 Å². The van der Waals surface area contributed by atoms with Gasteiger partial charge in [0.1, 0.15) is 5.84 Å². The molecule has 1 aliphatic heterocycles. The van der Waals surface area contributed by atoms with Gasteiger partial charge in [-0.1, -0.05) is 18.2 Å². The van der Waals surface area contributed by atoms with Crippen molar-refractivity contribution in [3.63, 3.8) is 0 Å². The van der Waals surface area contributed by atoms with Gasteiger partial charge in [0.2, 0.25) is 5.91 Å². The highest BCUT2D eigenvalue weighted by atomic mass is 32.1. The van der Waals surface area contributed by atoms with Gasteiger partial charge in [0.15, 0.2) is 0 Å². The Morgan fingerprint density at radius 1 is 1.29 bits per heavy atom. The van der Waals surface area contributed by atoms with Crippen molar-refractivity contribution in [3.05, 3.63) is 52.2 Å². The van der Waals surface area contributed by atoms with E-state index in [4.69, 9.17) is 11.1 Å². The van der Waals surface area contributed by atoms with Crippen molar-refractivity contribution in [2.24, 2.45) is 5.73 Å². The maximum atomic E-state index is 11.8. The molecule has 1 saturated heterocycles. The zero-order chi connectivity index (χ0) is 14.8. The van der Waals surface area contributed by atoms with Crippen molar-refractivity contribution in [2.75, 3.05) is 11.4 Å². The molecule has 3 rings (SSSR count). The first-order chi connectivity index (χ1) is 10.2. The highest BCUT2D eigenvalue weighted by Crippen LogP contribution is 2.30. The molecular weight excluding hydrogens is 282 g/mol. The van der Waals surface area contributed by atoms with Crippen molar-refractivity contribution in [1.29, 1.82) is 5.41 Å². The van der Waals surface area contributed by atoms with Gasteiger partial charge < -0.3 is 10.6 Å². The third-order valence-corrected chi connectivity index (χ3v) is 4.71. The Morgan fingerprint density at radius 3 is 2.57 bits per heavy atom. The number of carbonyl (C=O) groups is 1. The third kappa shape index (κ3) is 2.69. The number of amidine groups is 1. The summed E-state index contributed by atoms with van der Waals surface area (Å²) in [6.45, 7) is 0.891.